The molecule has 0 aliphatic rings. The summed E-state index contributed by atoms with van der Waals surface area (Å²) in [6.07, 6.45) is 3.42. The van der Waals surface area contributed by atoms with Crippen molar-refractivity contribution in [2.75, 3.05) is 17.6 Å². The molecule has 0 bridgehead atoms. The predicted octanol–water partition coefficient (Wildman–Crippen LogP) is 3.21. The van der Waals surface area contributed by atoms with Crippen LogP contribution in [0.25, 0.3) is 0 Å². The molecule has 1 N–H and O–H groups in total. The van der Waals surface area contributed by atoms with E-state index < -0.39 is 0 Å². The third-order valence-electron chi connectivity index (χ3n) is 1.94. The van der Waals surface area contributed by atoms with Crippen LogP contribution in [0.1, 0.15) is 34.6 Å². The van der Waals surface area contributed by atoms with Crippen LogP contribution in [0.2, 0.25) is 0 Å². The van der Waals surface area contributed by atoms with Crippen LogP contribution in [-0.4, -0.2) is 33.1 Å². The molecule has 18 heavy (non-hydrogen) atoms. The zero-order valence-corrected chi connectivity index (χ0v) is 12.7. The predicted molar refractivity (Wildman–Crippen MR) is 78.5 cm³/mol. The molecule has 0 fully saturated rings. The topological polar surface area (TPSA) is 47.0 Å². The maximum absolute atomic E-state index is 5.60. The monoisotopic (exact) mass is 269 g/mol. The van der Waals surface area contributed by atoms with E-state index in [0.717, 1.165) is 18.1 Å². The highest BCUT2D eigenvalue weighted by atomic mass is 32.2. The molecule has 0 radical (unpaired) electrons. The number of rotatable bonds is 6. The van der Waals surface area contributed by atoms with Gasteiger partial charge in [0.2, 0.25) is 0 Å². The van der Waals surface area contributed by atoms with Crippen molar-refractivity contribution in [3.05, 3.63) is 12.4 Å². The zero-order valence-electron chi connectivity index (χ0n) is 11.9. The van der Waals surface area contributed by atoms with Crippen molar-refractivity contribution < 1.29 is 4.74 Å². The van der Waals surface area contributed by atoms with E-state index in [4.69, 9.17) is 4.74 Å². The Balaban J connectivity index is 2.46. The molecule has 1 aromatic heterocycles. The number of nitrogens with zero attached hydrogens (tertiary/aromatic N) is 2. The molecule has 5 heteroatoms. The highest BCUT2D eigenvalue weighted by molar-refractivity contribution is 8.00. The summed E-state index contributed by atoms with van der Waals surface area (Å²) in [5, 5.41) is 3.27. The maximum Gasteiger partial charge on any atom is 0.257 e. The summed E-state index contributed by atoms with van der Waals surface area (Å²) in [5.41, 5.74) is 0. The van der Waals surface area contributed by atoms with Crippen LogP contribution < -0.4 is 10.1 Å². The van der Waals surface area contributed by atoms with Gasteiger partial charge in [0.25, 0.3) is 5.88 Å². The van der Waals surface area contributed by atoms with Gasteiger partial charge in [0, 0.05) is 29.4 Å². The van der Waals surface area contributed by atoms with E-state index in [9.17, 15) is 0 Å². The molecule has 0 spiro atoms. The quantitative estimate of drug-likeness (QED) is 0.804. The van der Waals surface area contributed by atoms with Crippen molar-refractivity contribution in [2.45, 2.75) is 45.5 Å². The lowest BCUT2D eigenvalue weighted by Gasteiger charge is -2.18. The summed E-state index contributed by atoms with van der Waals surface area (Å²) in [6, 6.07) is 0. The average Bonchev–Trinajstić information content (AvgIpc) is 2.24. The Morgan fingerprint density at radius 2 is 1.94 bits per heavy atom. The first kappa shape index (κ1) is 15.1. The van der Waals surface area contributed by atoms with Gasteiger partial charge in [-0.15, -0.1) is 0 Å². The normalized spacial score (nSPS) is 11.7. The lowest BCUT2D eigenvalue weighted by molar-refractivity contribution is 0.233. The molecule has 1 rings (SSSR count). The van der Waals surface area contributed by atoms with E-state index in [0.29, 0.717) is 10.6 Å². The molecule has 0 aliphatic heterocycles. The first-order valence-corrected chi connectivity index (χ1v) is 7.22. The zero-order chi connectivity index (χ0) is 13.6. The smallest absolute Gasteiger partial charge is 0.257 e. The number of hydrogen-bond acceptors (Lipinski definition) is 5. The van der Waals surface area contributed by atoms with Gasteiger partial charge < -0.3 is 10.1 Å². The molecule has 1 aromatic rings. The Morgan fingerprint density at radius 1 is 1.28 bits per heavy atom. The van der Waals surface area contributed by atoms with Crippen molar-refractivity contribution in [2.24, 2.45) is 0 Å². The minimum atomic E-state index is 0.103. The van der Waals surface area contributed by atoms with Gasteiger partial charge in [-0.05, 0) is 13.8 Å². The summed E-state index contributed by atoms with van der Waals surface area (Å²) in [4.78, 5) is 8.45. The second kappa shape index (κ2) is 6.83. The van der Waals surface area contributed by atoms with Crippen molar-refractivity contribution in [3.63, 3.8) is 0 Å². The van der Waals surface area contributed by atoms with Crippen LogP contribution in [-0.2, 0) is 0 Å². The summed E-state index contributed by atoms with van der Waals surface area (Å²) >= 11 is 1.92. The number of nitrogens with one attached hydrogen (secondary N) is 1. The standard InChI is InChI=1S/C13H23N3OS/c1-10(2)17-12-11(14-6-7-16-12)15-8-9-18-13(3,4)5/h6-7,10H,8-9H2,1-5H3,(H,14,15). The van der Waals surface area contributed by atoms with Gasteiger partial charge in [0.1, 0.15) is 0 Å². The van der Waals surface area contributed by atoms with Crippen LogP contribution in [0.5, 0.6) is 5.88 Å². The van der Waals surface area contributed by atoms with Gasteiger partial charge in [-0.2, -0.15) is 11.8 Å². The average molecular weight is 269 g/mol. The fourth-order valence-electron chi connectivity index (χ4n) is 1.28. The Bertz CT molecular complexity index is 363. The Kier molecular flexibility index (Phi) is 5.72. The van der Waals surface area contributed by atoms with Gasteiger partial charge in [-0.1, -0.05) is 20.8 Å². The van der Waals surface area contributed by atoms with E-state index in [2.05, 4.69) is 36.1 Å². The molecule has 0 aliphatic carbocycles. The summed E-state index contributed by atoms with van der Waals surface area (Å²) < 4.78 is 5.89. The summed E-state index contributed by atoms with van der Waals surface area (Å²) in [5.74, 6) is 2.33. The first-order chi connectivity index (χ1) is 8.38. The highest BCUT2D eigenvalue weighted by Gasteiger charge is 2.11. The van der Waals surface area contributed by atoms with Crippen molar-refractivity contribution in [3.8, 4) is 5.88 Å². The number of ether oxygens (including phenoxy) is 1. The van der Waals surface area contributed by atoms with Crippen LogP contribution in [0.15, 0.2) is 12.4 Å². The van der Waals surface area contributed by atoms with Crippen molar-refractivity contribution in [1.82, 2.24) is 9.97 Å². The Morgan fingerprint density at radius 3 is 2.56 bits per heavy atom. The Labute approximate surface area is 114 Å². The van der Waals surface area contributed by atoms with Crippen LogP contribution >= 0.6 is 11.8 Å². The van der Waals surface area contributed by atoms with Gasteiger partial charge in [0.05, 0.1) is 6.10 Å². The van der Waals surface area contributed by atoms with Gasteiger partial charge in [-0.3, -0.25) is 0 Å². The SMILES string of the molecule is CC(C)Oc1nccnc1NCCSC(C)(C)C. The van der Waals surface area contributed by atoms with Gasteiger partial charge in [-0.25, -0.2) is 9.97 Å². The molecule has 102 valence electrons. The molecule has 0 atom stereocenters. The second-order valence-corrected chi connectivity index (χ2v) is 7.19. The lowest BCUT2D eigenvalue weighted by atomic mass is 10.3. The van der Waals surface area contributed by atoms with Gasteiger partial charge >= 0.3 is 0 Å². The number of thioether (sulfide) groups is 1. The van der Waals surface area contributed by atoms with E-state index in [1.165, 1.54) is 0 Å². The summed E-state index contributed by atoms with van der Waals surface area (Å²) in [7, 11) is 0. The van der Waals surface area contributed by atoms with Crippen molar-refractivity contribution in [1.29, 1.82) is 0 Å². The van der Waals surface area contributed by atoms with E-state index in [1.807, 2.05) is 25.6 Å². The molecular weight excluding hydrogens is 246 g/mol. The summed E-state index contributed by atoms with van der Waals surface area (Å²) in [6.45, 7) is 11.5. The molecule has 0 aromatic carbocycles. The molecule has 0 saturated heterocycles. The van der Waals surface area contributed by atoms with E-state index in [-0.39, 0.29) is 6.10 Å². The molecule has 4 nitrogen and oxygen atoms in total. The van der Waals surface area contributed by atoms with E-state index >= 15 is 0 Å². The third-order valence-corrected chi connectivity index (χ3v) is 3.22. The molecule has 0 unspecified atom stereocenters. The molecule has 0 saturated carbocycles. The third kappa shape index (κ3) is 6.10. The number of hydrogen-bond donors (Lipinski definition) is 1. The fourth-order valence-corrected chi connectivity index (χ4v) is 2.10. The fraction of sp³-hybridized carbons (Fsp3) is 0.692. The largest absolute Gasteiger partial charge is 0.472 e. The first-order valence-electron chi connectivity index (χ1n) is 6.24. The minimum Gasteiger partial charge on any atom is -0.472 e. The Hall–Kier alpha value is -0.970. The maximum atomic E-state index is 5.60. The van der Waals surface area contributed by atoms with E-state index in [1.54, 1.807) is 12.4 Å². The lowest BCUT2D eigenvalue weighted by Crippen LogP contribution is -2.15. The molecular formula is C13H23N3OS. The minimum absolute atomic E-state index is 0.103. The highest BCUT2D eigenvalue weighted by Crippen LogP contribution is 2.23. The van der Waals surface area contributed by atoms with Crippen LogP contribution in [0.3, 0.4) is 0 Å². The van der Waals surface area contributed by atoms with Crippen LogP contribution in [0.4, 0.5) is 5.82 Å². The molecule has 1 heterocycles. The van der Waals surface area contributed by atoms with Gasteiger partial charge in [0.15, 0.2) is 5.82 Å². The number of aromatic nitrogens is 2. The van der Waals surface area contributed by atoms with Crippen LogP contribution in [0, 0.1) is 0 Å². The second-order valence-electron chi connectivity index (χ2n) is 5.26. The van der Waals surface area contributed by atoms with Crippen molar-refractivity contribution >= 4 is 17.6 Å². The number of anilines is 1. The molecule has 0 amide bonds.